The second-order valence-corrected chi connectivity index (χ2v) is 8.24. The lowest BCUT2D eigenvalue weighted by molar-refractivity contribution is 1.22. The van der Waals surface area contributed by atoms with Crippen molar-refractivity contribution in [2.75, 3.05) is 4.90 Å². The highest BCUT2D eigenvalue weighted by Crippen LogP contribution is 2.38. The fourth-order valence-corrected chi connectivity index (χ4v) is 3.91. The van der Waals surface area contributed by atoms with Crippen molar-refractivity contribution in [3.8, 4) is 11.1 Å². The molecule has 0 radical (unpaired) electrons. The van der Waals surface area contributed by atoms with E-state index in [1.54, 1.807) is 0 Å². The maximum atomic E-state index is 2.36. The molecular weight excluding hydrogens is 362 g/mol. The average molecular weight is 392 g/mol. The fraction of sp³-hybridized carbons (Fsp3) is 0.172. The van der Waals surface area contributed by atoms with Gasteiger partial charge in [-0.3, -0.25) is 0 Å². The van der Waals surface area contributed by atoms with E-state index in [0.29, 0.717) is 0 Å². The molecule has 150 valence electrons. The maximum absolute atomic E-state index is 2.36. The van der Waals surface area contributed by atoms with Crippen molar-refractivity contribution in [1.29, 1.82) is 0 Å². The molecule has 0 saturated carbocycles. The summed E-state index contributed by atoms with van der Waals surface area (Å²) in [5, 5.41) is 0. The van der Waals surface area contributed by atoms with E-state index in [0.717, 1.165) is 0 Å². The lowest BCUT2D eigenvalue weighted by Crippen LogP contribution is -2.11. The summed E-state index contributed by atoms with van der Waals surface area (Å²) in [6.45, 7) is 10.9. The van der Waals surface area contributed by atoms with Crippen molar-refractivity contribution in [3.63, 3.8) is 0 Å². The third kappa shape index (κ3) is 3.89. The van der Waals surface area contributed by atoms with Crippen LogP contribution in [-0.2, 0) is 0 Å². The van der Waals surface area contributed by atoms with E-state index < -0.39 is 0 Å². The fourth-order valence-electron chi connectivity index (χ4n) is 3.91. The molecule has 0 saturated heterocycles. The van der Waals surface area contributed by atoms with E-state index in [1.165, 1.54) is 56.0 Å². The Bertz CT molecular complexity index is 1140. The van der Waals surface area contributed by atoms with Crippen LogP contribution in [0.25, 0.3) is 11.1 Å². The van der Waals surface area contributed by atoms with E-state index in [1.807, 2.05) is 0 Å². The number of anilines is 3. The first-order valence-electron chi connectivity index (χ1n) is 10.5. The normalized spacial score (nSPS) is 10.8. The lowest BCUT2D eigenvalue weighted by atomic mass is 9.99. The van der Waals surface area contributed by atoms with E-state index in [9.17, 15) is 0 Å². The molecule has 1 heteroatoms. The van der Waals surface area contributed by atoms with E-state index in [-0.39, 0.29) is 0 Å². The van der Waals surface area contributed by atoms with Crippen LogP contribution in [0.15, 0.2) is 84.9 Å². The first kappa shape index (κ1) is 20.0. The summed E-state index contributed by atoms with van der Waals surface area (Å²) in [5.41, 5.74) is 12.6. The summed E-state index contributed by atoms with van der Waals surface area (Å²) in [6.07, 6.45) is 0. The zero-order chi connectivity index (χ0) is 21.3. The molecule has 0 unspecified atom stereocenters. The van der Waals surface area contributed by atoms with Crippen LogP contribution in [0.3, 0.4) is 0 Å². The van der Waals surface area contributed by atoms with Crippen LogP contribution in [0.5, 0.6) is 0 Å². The maximum Gasteiger partial charge on any atom is 0.0464 e. The van der Waals surface area contributed by atoms with Gasteiger partial charge in [-0.1, -0.05) is 48.5 Å². The Morgan fingerprint density at radius 2 is 0.900 bits per heavy atom. The molecule has 4 aromatic rings. The van der Waals surface area contributed by atoms with Crippen LogP contribution in [0.4, 0.5) is 17.1 Å². The summed E-state index contributed by atoms with van der Waals surface area (Å²) >= 11 is 0. The van der Waals surface area contributed by atoms with Crippen LogP contribution in [0.1, 0.15) is 27.8 Å². The molecule has 0 aliphatic carbocycles. The molecule has 0 heterocycles. The van der Waals surface area contributed by atoms with E-state index in [4.69, 9.17) is 0 Å². The molecule has 0 aliphatic rings. The van der Waals surface area contributed by atoms with Gasteiger partial charge < -0.3 is 4.90 Å². The van der Waals surface area contributed by atoms with Crippen LogP contribution in [-0.4, -0.2) is 0 Å². The summed E-state index contributed by atoms with van der Waals surface area (Å²) in [6, 6.07) is 30.8. The molecule has 0 bridgehead atoms. The Hall–Kier alpha value is -3.32. The molecule has 0 fully saturated rings. The Morgan fingerprint density at radius 1 is 0.433 bits per heavy atom. The third-order valence-corrected chi connectivity index (χ3v) is 6.05. The van der Waals surface area contributed by atoms with Crippen molar-refractivity contribution in [2.45, 2.75) is 34.6 Å². The highest BCUT2D eigenvalue weighted by molar-refractivity contribution is 5.80. The van der Waals surface area contributed by atoms with Gasteiger partial charge in [0.15, 0.2) is 0 Å². The van der Waals surface area contributed by atoms with Crippen molar-refractivity contribution in [2.24, 2.45) is 0 Å². The largest absolute Gasteiger partial charge is 0.310 e. The quantitative estimate of drug-likeness (QED) is 0.338. The summed E-state index contributed by atoms with van der Waals surface area (Å²) in [5.74, 6) is 0. The van der Waals surface area contributed by atoms with Gasteiger partial charge in [-0.25, -0.2) is 0 Å². The molecule has 30 heavy (non-hydrogen) atoms. The molecule has 4 aromatic carbocycles. The summed E-state index contributed by atoms with van der Waals surface area (Å²) in [7, 11) is 0. The van der Waals surface area contributed by atoms with Gasteiger partial charge >= 0.3 is 0 Å². The SMILES string of the molecule is Cc1ccc(N(c2ccc(C)c(C)c2)c2ccc(-c3ccccc3)c(C)c2)cc1C. The van der Waals surface area contributed by atoms with Crippen LogP contribution in [0.2, 0.25) is 0 Å². The minimum Gasteiger partial charge on any atom is -0.310 e. The Morgan fingerprint density at radius 3 is 1.37 bits per heavy atom. The molecule has 0 atom stereocenters. The third-order valence-electron chi connectivity index (χ3n) is 6.05. The molecule has 1 nitrogen and oxygen atoms in total. The summed E-state index contributed by atoms with van der Waals surface area (Å²) in [4.78, 5) is 2.36. The number of hydrogen-bond acceptors (Lipinski definition) is 1. The molecule has 0 aliphatic heterocycles. The van der Waals surface area contributed by atoms with Crippen molar-refractivity contribution in [1.82, 2.24) is 0 Å². The zero-order valence-electron chi connectivity index (χ0n) is 18.5. The van der Waals surface area contributed by atoms with Crippen LogP contribution >= 0.6 is 0 Å². The second kappa shape index (κ2) is 8.20. The molecule has 0 amide bonds. The first-order valence-corrected chi connectivity index (χ1v) is 10.5. The predicted molar refractivity (Wildman–Crippen MR) is 130 cm³/mol. The minimum atomic E-state index is 1.18. The van der Waals surface area contributed by atoms with Gasteiger partial charge in [0.1, 0.15) is 0 Å². The lowest BCUT2D eigenvalue weighted by Gasteiger charge is -2.27. The number of hydrogen-bond donors (Lipinski definition) is 0. The van der Waals surface area contributed by atoms with Crippen molar-refractivity contribution < 1.29 is 0 Å². The van der Waals surface area contributed by atoms with Crippen LogP contribution in [0, 0.1) is 34.6 Å². The Balaban J connectivity index is 1.86. The van der Waals surface area contributed by atoms with Gasteiger partial charge in [-0.05, 0) is 110 Å². The number of nitrogens with zero attached hydrogens (tertiary/aromatic N) is 1. The standard InChI is InChI=1S/C29H29N/c1-20-11-13-26(17-22(20)3)30(27-14-12-21(2)23(4)18-27)28-15-16-29(24(5)19-28)25-9-7-6-8-10-25/h6-19H,1-5H3. The average Bonchev–Trinajstić information content (AvgIpc) is 2.74. The molecule has 4 rings (SSSR count). The van der Waals surface area contributed by atoms with Gasteiger partial charge in [0.2, 0.25) is 0 Å². The Labute approximate surface area is 180 Å². The first-order chi connectivity index (χ1) is 14.4. The monoisotopic (exact) mass is 391 g/mol. The summed E-state index contributed by atoms with van der Waals surface area (Å²) < 4.78 is 0. The van der Waals surface area contributed by atoms with Gasteiger partial charge in [-0.2, -0.15) is 0 Å². The van der Waals surface area contributed by atoms with Gasteiger partial charge in [0, 0.05) is 17.1 Å². The molecule has 0 N–H and O–H groups in total. The van der Waals surface area contributed by atoms with Crippen LogP contribution < -0.4 is 4.90 Å². The van der Waals surface area contributed by atoms with Crippen molar-refractivity contribution in [3.05, 3.63) is 113 Å². The smallest absolute Gasteiger partial charge is 0.0464 e. The van der Waals surface area contributed by atoms with Gasteiger partial charge in [0.25, 0.3) is 0 Å². The molecule has 0 aromatic heterocycles. The Kier molecular flexibility index (Phi) is 5.46. The van der Waals surface area contributed by atoms with E-state index >= 15 is 0 Å². The number of rotatable bonds is 4. The topological polar surface area (TPSA) is 3.24 Å². The number of benzene rings is 4. The van der Waals surface area contributed by atoms with E-state index in [2.05, 4.69) is 124 Å². The predicted octanol–water partition coefficient (Wildman–Crippen LogP) is 8.37. The van der Waals surface area contributed by atoms with Gasteiger partial charge in [-0.15, -0.1) is 0 Å². The van der Waals surface area contributed by atoms with Gasteiger partial charge in [0.05, 0.1) is 0 Å². The number of aryl methyl sites for hydroxylation is 5. The second-order valence-electron chi connectivity index (χ2n) is 8.24. The highest BCUT2D eigenvalue weighted by atomic mass is 15.1. The molecular formula is C29H29N. The minimum absolute atomic E-state index is 1.18. The highest BCUT2D eigenvalue weighted by Gasteiger charge is 2.15. The zero-order valence-corrected chi connectivity index (χ0v) is 18.5. The molecule has 0 spiro atoms. The van der Waals surface area contributed by atoms with Crippen molar-refractivity contribution >= 4 is 17.1 Å².